The van der Waals surface area contributed by atoms with Crippen LogP contribution in [0.5, 0.6) is 0 Å². The fourth-order valence-electron chi connectivity index (χ4n) is 2.19. The standard InChI is InChI=1S/C12H15BrFN3O.2ClH/c13-8-1-2-9(10(14)7-8)11(12(15)18)17-5-3-16-4-6-17;;/h1-2,7,11,16H,3-6H2,(H2,15,18);2*1H. The van der Waals surface area contributed by atoms with E-state index in [1.807, 2.05) is 4.90 Å². The maximum Gasteiger partial charge on any atom is 0.239 e. The van der Waals surface area contributed by atoms with Gasteiger partial charge in [0, 0.05) is 36.2 Å². The van der Waals surface area contributed by atoms with E-state index in [-0.39, 0.29) is 24.8 Å². The Morgan fingerprint density at radius 1 is 1.35 bits per heavy atom. The van der Waals surface area contributed by atoms with Gasteiger partial charge in [-0.15, -0.1) is 24.8 Å². The number of amides is 1. The Labute approximate surface area is 138 Å². The van der Waals surface area contributed by atoms with Crippen LogP contribution in [0.4, 0.5) is 4.39 Å². The molecule has 1 aromatic carbocycles. The van der Waals surface area contributed by atoms with Crippen LogP contribution in [0.25, 0.3) is 0 Å². The van der Waals surface area contributed by atoms with E-state index in [1.54, 1.807) is 12.1 Å². The molecule has 1 aliphatic heterocycles. The van der Waals surface area contributed by atoms with Crippen molar-refractivity contribution >= 4 is 46.7 Å². The first-order valence-corrected chi connectivity index (χ1v) is 6.58. The van der Waals surface area contributed by atoms with Gasteiger partial charge in [-0.25, -0.2) is 4.39 Å². The van der Waals surface area contributed by atoms with E-state index in [1.165, 1.54) is 6.07 Å². The van der Waals surface area contributed by atoms with Crippen LogP contribution < -0.4 is 11.1 Å². The molecule has 0 spiro atoms. The van der Waals surface area contributed by atoms with E-state index in [0.29, 0.717) is 23.1 Å². The monoisotopic (exact) mass is 387 g/mol. The molecule has 1 heterocycles. The number of nitrogens with zero attached hydrogens (tertiary/aromatic N) is 1. The van der Waals surface area contributed by atoms with Gasteiger partial charge in [0.25, 0.3) is 0 Å². The number of halogens is 4. The number of nitrogens with one attached hydrogen (secondary N) is 1. The fourth-order valence-corrected chi connectivity index (χ4v) is 2.53. The average molecular weight is 389 g/mol. The van der Waals surface area contributed by atoms with Gasteiger partial charge in [0.1, 0.15) is 11.9 Å². The molecule has 1 unspecified atom stereocenters. The Bertz CT molecular complexity index is 458. The first kappa shape index (κ1) is 19.6. The zero-order chi connectivity index (χ0) is 13.1. The van der Waals surface area contributed by atoms with Crippen LogP contribution in [0.15, 0.2) is 22.7 Å². The maximum atomic E-state index is 13.9. The number of rotatable bonds is 3. The molecule has 1 aliphatic rings. The zero-order valence-corrected chi connectivity index (χ0v) is 13.9. The summed E-state index contributed by atoms with van der Waals surface area (Å²) in [6.45, 7) is 2.93. The van der Waals surface area contributed by atoms with Gasteiger partial charge in [-0.1, -0.05) is 22.0 Å². The Kier molecular flexibility index (Phi) is 8.62. The summed E-state index contributed by atoms with van der Waals surface area (Å²) in [6, 6.07) is 3.99. The van der Waals surface area contributed by atoms with Gasteiger partial charge in [0.15, 0.2) is 0 Å². The largest absolute Gasteiger partial charge is 0.368 e. The lowest BCUT2D eigenvalue weighted by molar-refractivity contribution is -0.123. The molecule has 1 amide bonds. The summed E-state index contributed by atoms with van der Waals surface area (Å²) >= 11 is 3.20. The van der Waals surface area contributed by atoms with E-state index in [9.17, 15) is 9.18 Å². The third-order valence-electron chi connectivity index (χ3n) is 3.04. The summed E-state index contributed by atoms with van der Waals surface area (Å²) in [7, 11) is 0. The predicted molar refractivity (Wildman–Crippen MR) is 85.0 cm³/mol. The quantitative estimate of drug-likeness (QED) is 0.830. The van der Waals surface area contributed by atoms with Gasteiger partial charge >= 0.3 is 0 Å². The molecular formula is C12H17BrCl2FN3O. The van der Waals surface area contributed by atoms with Crippen molar-refractivity contribution < 1.29 is 9.18 Å². The molecule has 0 saturated carbocycles. The highest BCUT2D eigenvalue weighted by atomic mass is 79.9. The first-order chi connectivity index (χ1) is 8.59. The highest BCUT2D eigenvalue weighted by Gasteiger charge is 2.29. The summed E-state index contributed by atoms with van der Waals surface area (Å²) in [5, 5.41) is 3.19. The van der Waals surface area contributed by atoms with Crippen molar-refractivity contribution in [2.24, 2.45) is 5.73 Å². The number of carbonyl (C=O) groups excluding carboxylic acids is 1. The lowest BCUT2D eigenvalue weighted by Gasteiger charge is -2.33. The van der Waals surface area contributed by atoms with E-state index in [2.05, 4.69) is 21.2 Å². The number of hydrogen-bond donors (Lipinski definition) is 2. The number of benzene rings is 1. The molecule has 20 heavy (non-hydrogen) atoms. The molecule has 3 N–H and O–H groups in total. The molecule has 0 bridgehead atoms. The molecule has 8 heteroatoms. The van der Waals surface area contributed by atoms with Gasteiger partial charge in [0.05, 0.1) is 0 Å². The number of hydrogen-bond acceptors (Lipinski definition) is 3. The van der Waals surface area contributed by atoms with E-state index in [4.69, 9.17) is 5.73 Å². The normalized spacial score (nSPS) is 16.7. The molecule has 0 radical (unpaired) electrons. The Morgan fingerprint density at radius 2 is 1.95 bits per heavy atom. The molecular weight excluding hydrogens is 372 g/mol. The molecule has 1 aromatic rings. The second-order valence-electron chi connectivity index (χ2n) is 4.26. The third-order valence-corrected chi connectivity index (χ3v) is 3.54. The summed E-state index contributed by atoms with van der Waals surface area (Å²) < 4.78 is 14.6. The second-order valence-corrected chi connectivity index (χ2v) is 5.17. The van der Waals surface area contributed by atoms with Gasteiger partial charge < -0.3 is 11.1 Å². The van der Waals surface area contributed by atoms with Crippen LogP contribution in [0.2, 0.25) is 0 Å². The predicted octanol–water partition coefficient (Wildman–Crippen LogP) is 1.86. The van der Waals surface area contributed by atoms with Crippen LogP contribution in [0.3, 0.4) is 0 Å². The van der Waals surface area contributed by atoms with Crippen molar-refractivity contribution in [3.05, 3.63) is 34.1 Å². The average Bonchev–Trinajstić information content (AvgIpc) is 2.33. The highest BCUT2D eigenvalue weighted by Crippen LogP contribution is 2.25. The van der Waals surface area contributed by atoms with Crippen molar-refractivity contribution in [2.75, 3.05) is 26.2 Å². The molecule has 1 saturated heterocycles. The minimum atomic E-state index is -0.694. The van der Waals surface area contributed by atoms with Crippen LogP contribution in [-0.2, 0) is 4.79 Å². The molecule has 0 aliphatic carbocycles. The Hall–Kier alpha value is -0.400. The minimum absolute atomic E-state index is 0. The SMILES string of the molecule is Cl.Cl.NC(=O)C(c1ccc(Br)cc1F)N1CCNCC1. The summed E-state index contributed by atoms with van der Waals surface area (Å²) in [6.07, 6.45) is 0. The molecule has 2 rings (SSSR count). The van der Waals surface area contributed by atoms with Crippen molar-refractivity contribution in [2.45, 2.75) is 6.04 Å². The Morgan fingerprint density at radius 3 is 2.45 bits per heavy atom. The molecule has 1 atom stereocenters. The fraction of sp³-hybridized carbons (Fsp3) is 0.417. The van der Waals surface area contributed by atoms with Gasteiger partial charge in [0.2, 0.25) is 5.91 Å². The van der Waals surface area contributed by atoms with Crippen molar-refractivity contribution in [1.29, 1.82) is 0 Å². The molecule has 0 aromatic heterocycles. The summed E-state index contributed by atoms with van der Waals surface area (Å²) in [5.74, 6) is -0.926. The lowest BCUT2D eigenvalue weighted by atomic mass is 10.0. The van der Waals surface area contributed by atoms with Crippen molar-refractivity contribution in [3.63, 3.8) is 0 Å². The molecule has 114 valence electrons. The Balaban J connectivity index is 0.00000180. The number of primary amides is 1. The lowest BCUT2D eigenvalue weighted by Crippen LogP contribution is -2.48. The van der Waals surface area contributed by atoms with Crippen molar-refractivity contribution in [3.8, 4) is 0 Å². The van der Waals surface area contributed by atoms with E-state index < -0.39 is 17.8 Å². The summed E-state index contributed by atoms with van der Waals surface area (Å²) in [4.78, 5) is 13.5. The highest BCUT2D eigenvalue weighted by molar-refractivity contribution is 9.10. The second kappa shape index (κ2) is 8.79. The zero-order valence-electron chi connectivity index (χ0n) is 10.6. The van der Waals surface area contributed by atoms with Gasteiger partial charge in [-0.3, -0.25) is 9.69 Å². The topological polar surface area (TPSA) is 58.4 Å². The molecule has 1 fully saturated rings. The van der Waals surface area contributed by atoms with Crippen LogP contribution in [0.1, 0.15) is 11.6 Å². The van der Waals surface area contributed by atoms with Crippen molar-refractivity contribution in [1.82, 2.24) is 10.2 Å². The minimum Gasteiger partial charge on any atom is -0.368 e. The number of carbonyl (C=O) groups is 1. The summed E-state index contributed by atoms with van der Waals surface area (Å²) in [5.41, 5.74) is 5.77. The van der Waals surface area contributed by atoms with E-state index in [0.717, 1.165) is 13.1 Å². The van der Waals surface area contributed by atoms with Crippen LogP contribution >= 0.6 is 40.7 Å². The molecule has 4 nitrogen and oxygen atoms in total. The maximum absolute atomic E-state index is 13.9. The third kappa shape index (κ3) is 4.56. The van der Waals surface area contributed by atoms with Gasteiger partial charge in [-0.05, 0) is 12.1 Å². The smallest absolute Gasteiger partial charge is 0.239 e. The van der Waals surface area contributed by atoms with E-state index >= 15 is 0 Å². The number of piperazine rings is 1. The van der Waals surface area contributed by atoms with Crippen LogP contribution in [-0.4, -0.2) is 37.0 Å². The van der Waals surface area contributed by atoms with Gasteiger partial charge in [-0.2, -0.15) is 0 Å². The first-order valence-electron chi connectivity index (χ1n) is 5.78. The van der Waals surface area contributed by atoms with Crippen LogP contribution in [0, 0.1) is 5.82 Å². The number of nitrogens with two attached hydrogens (primary N) is 1.